The number of nitrogens with one attached hydrogen (secondary N) is 1. The smallest absolute Gasteiger partial charge is 0.167 e. The van der Waals surface area contributed by atoms with Crippen LogP contribution in [0.3, 0.4) is 0 Å². The number of anilines is 2. The number of hydrogen-bond acceptors (Lipinski definition) is 3. The predicted octanol–water partition coefficient (Wildman–Crippen LogP) is 4.02. The fourth-order valence-electron chi connectivity index (χ4n) is 1.44. The first-order chi connectivity index (χ1) is 8.69. The van der Waals surface area contributed by atoms with Gasteiger partial charge in [0.1, 0.15) is 5.75 Å². The van der Waals surface area contributed by atoms with E-state index >= 15 is 0 Å². The van der Waals surface area contributed by atoms with Crippen molar-refractivity contribution < 1.29 is 9.13 Å². The Balaban J connectivity index is 2.13. The van der Waals surface area contributed by atoms with Crippen molar-refractivity contribution in [1.82, 2.24) is 4.98 Å². The third-order valence-corrected chi connectivity index (χ3v) is 2.44. The molecule has 0 fully saturated rings. The van der Waals surface area contributed by atoms with Crippen molar-refractivity contribution in [3.63, 3.8) is 0 Å². The molecule has 0 aliphatic heterocycles. The number of aromatic nitrogens is 1. The van der Waals surface area contributed by atoms with E-state index in [0.29, 0.717) is 6.61 Å². The molecule has 0 spiro atoms. The highest BCUT2D eigenvalue weighted by molar-refractivity contribution is 6.30. The minimum atomic E-state index is -0.489. The normalized spacial score (nSPS) is 10.2. The molecule has 0 aliphatic rings. The van der Waals surface area contributed by atoms with E-state index in [0.717, 1.165) is 11.4 Å². The maximum Gasteiger partial charge on any atom is 0.167 e. The lowest BCUT2D eigenvalue weighted by Crippen LogP contribution is -1.97. The van der Waals surface area contributed by atoms with Crippen LogP contribution < -0.4 is 10.1 Å². The number of nitrogens with zero attached hydrogens (tertiary/aromatic N) is 1. The van der Waals surface area contributed by atoms with Crippen LogP contribution in [0.5, 0.6) is 5.75 Å². The van der Waals surface area contributed by atoms with E-state index in [1.54, 1.807) is 24.3 Å². The third-order valence-electron chi connectivity index (χ3n) is 2.24. The zero-order chi connectivity index (χ0) is 13.0. The summed E-state index contributed by atoms with van der Waals surface area (Å²) in [7, 11) is 0. The molecule has 0 aliphatic carbocycles. The second-order valence-corrected chi connectivity index (χ2v) is 4.00. The Labute approximate surface area is 110 Å². The number of rotatable bonds is 4. The molecule has 2 aromatic rings. The molecule has 0 bridgehead atoms. The highest BCUT2D eigenvalue weighted by Gasteiger charge is 2.04. The summed E-state index contributed by atoms with van der Waals surface area (Å²) in [6.07, 6.45) is 1.39. The van der Waals surface area contributed by atoms with Crippen molar-refractivity contribution in [3.8, 4) is 5.75 Å². The molecule has 5 heteroatoms. The average Bonchev–Trinajstić information content (AvgIpc) is 2.35. The number of halogens is 2. The average molecular weight is 267 g/mol. The summed E-state index contributed by atoms with van der Waals surface area (Å²) in [5.41, 5.74) is 0.729. The summed E-state index contributed by atoms with van der Waals surface area (Å²) in [6, 6.07) is 8.41. The van der Waals surface area contributed by atoms with Crippen molar-refractivity contribution in [1.29, 1.82) is 0 Å². The van der Waals surface area contributed by atoms with E-state index < -0.39 is 5.82 Å². The molecule has 0 saturated heterocycles. The summed E-state index contributed by atoms with van der Waals surface area (Å²) < 4.78 is 18.8. The maximum absolute atomic E-state index is 13.5. The van der Waals surface area contributed by atoms with Crippen molar-refractivity contribution in [3.05, 3.63) is 47.4 Å². The largest absolute Gasteiger partial charge is 0.494 e. The first-order valence-corrected chi connectivity index (χ1v) is 5.88. The van der Waals surface area contributed by atoms with Gasteiger partial charge in [0, 0.05) is 11.9 Å². The van der Waals surface area contributed by atoms with Crippen molar-refractivity contribution in [2.24, 2.45) is 0 Å². The van der Waals surface area contributed by atoms with Gasteiger partial charge in [-0.05, 0) is 37.3 Å². The fourth-order valence-corrected chi connectivity index (χ4v) is 1.59. The van der Waals surface area contributed by atoms with Crippen LogP contribution in [0.15, 0.2) is 36.5 Å². The molecular formula is C13H12ClFN2O. The molecule has 94 valence electrons. The molecule has 1 N–H and O–H groups in total. The molecule has 0 amide bonds. The zero-order valence-corrected chi connectivity index (χ0v) is 10.5. The molecule has 0 radical (unpaired) electrons. The van der Waals surface area contributed by atoms with E-state index in [9.17, 15) is 4.39 Å². The van der Waals surface area contributed by atoms with Gasteiger partial charge in [0.15, 0.2) is 11.6 Å². The fraction of sp³-hybridized carbons (Fsp3) is 0.154. The topological polar surface area (TPSA) is 34.1 Å². The van der Waals surface area contributed by atoms with E-state index in [1.165, 1.54) is 12.3 Å². The highest BCUT2D eigenvalue weighted by Crippen LogP contribution is 2.22. The molecule has 3 nitrogen and oxygen atoms in total. The maximum atomic E-state index is 13.5. The van der Waals surface area contributed by atoms with Crippen LogP contribution >= 0.6 is 11.6 Å². The Hall–Kier alpha value is -1.81. The Morgan fingerprint density at radius 2 is 2.06 bits per heavy atom. The molecule has 1 aromatic carbocycles. The van der Waals surface area contributed by atoms with E-state index in [2.05, 4.69) is 10.3 Å². The second-order valence-electron chi connectivity index (χ2n) is 3.57. The molecule has 0 saturated carbocycles. The third kappa shape index (κ3) is 3.11. The van der Waals surface area contributed by atoms with Crippen molar-refractivity contribution >= 4 is 23.1 Å². The SMILES string of the molecule is CCOc1ccc(Nc2ncc(Cl)cc2F)cc1. The lowest BCUT2D eigenvalue weighted by Gasteiger charge is -2.08. The Kier molecular flexibility index (Phi) is 3.99. The first-order valence-electron chi connectivity index (χ1n) is 5.50. The standard InChI is InChI=1S/C13H12ClFN2O/c1-2-18-11-5-3-10(4-6-11)17-13-12(15)7-9(14)8-16-13/h3-8H,2H2,1H3,(H,16,17). The van der Waals surface area contributed by atoms with Gasteiger partial charge < -0.3 is 10.1 Å². The van der Waals surface area contributed by atoms with Gasteiger partial charge >= 0.3 is 0 Å². The lowest BCUT2D eigenvalue weighted by atomic mass is 10.3. The lowest BCUT2D eigenvalue weighted by molar-refractivity contribution is 0.340. The number of hydrogen-bond donors (Lipinski definition) is 1. The molecule has 18 heavy (non-hydrogen) atoms. The van der Waals surface area contributed by atoms with E-state index in [1.807, 2.05) is 6.92 Å². The van der Waals surface area contributed by atoms with Gasteiger partial charge in [0.25, 0.3) is 0 Å². The van der Waals surface area contributed by atoms with Crippen LogP contribution in [0.2, 0.25) is 5.02 Å². The van der Waals surface area contributed by atoms with Crippen LogP contribution in [0, 0.1) is 5.82 Å². The van der Waals surface area contributed by atoms with Crippen LogP contribution in [0.4, 0.5) is 15.9 Å². The van der Waals surface area contributed by atoms with Gasteiger partial charge in [-0.3, -0.25) is 0 Å². The predicted molar refractivity (Wildman–Crippen MR) is 70.1 cm³/mol. The monoisotopic (exact) mass is 266 g/mol. The number of ether oxygens (including phenoxy) is 1. The molecule has 1 heterocycles. The Morgan fingerprint density at radius 3 is 2.67 bits per heavy atom. The number of benzene rings is 1. The molecule has 2 rings (SSSR count). The van der Waals surface area contributed by atoms with Crippen molar-refractivity contribution in [2.75, 3.05) is 11.9 Å². The van der Waals surface area contributed by atoms with E-state index in [4.69, 9.17) is 16.3 Å². The highest BCUT2D eigenvalue weighted by atomic mass is 35.5. The quantitative estimate of drug-likeness (QED) is 0.908. The summed E-state index contributed by atoms with van der Waals surface area (Å²) in [5.74, 6) is 0.424. The zero-order valence-electron chi connectivity index (χ0n) is 9.78. The second kappa shape index (κ2) is 5.69. The first kappa shape index (κ1) is 12.6. The van der Waals surface area contributed by atoms with Crippen molar-refractivity contribution in [2.45, 2.75) is 6.92 Å². The van der Waals surface area contributed by atoms with Crippen LogP contribution in [-0.2, 0) is 0 Å². The van der Waals surface area contributed by atoms with Gasteiger partial charge in [0.2, 0.25) is 0 Å². The van der Waals surface area contributed by atoms with Gasteiger partial charge in [-0.1, -0.05) is 11.6 Å². The minimum absolute atomic E-state index is 0.142. The van der Waals surface area contributed by atoms with Gasteiger partial charge in [0.05, 0.1) is 11.6 Å². The Morgan fingerprint density at radius 1 is 1.33 bits per heavy atom. The minimum Gasteiger partial charge on any atom is -0.494 e. The van der Waals surface area contributed by atoms with E-state index in [-0.39, 0.29) is 10.8 Å². The molecule has 1 aromatic heterocycles. The van der Waals surface area contributed by atoms with Gasteiger partial charge in [-0.2, -0.15) is 0 Å². The summed E-state index contributed by atoms with van der Waals surface area (Å²) in [6.45, 7) is 2.53. The summed E-state index contributed by atoms with van der Waals surface area (Å²) in [4.78, 5) is 3.88. The van der Waals surface area contributed by atoms with Crippen LogP contribution in [-0.4, -0.2) is 11.6 Å². The van der Waals surface area contributed by atoms with Crippen LogP contribution in [0.1, 0.15) is 6.92 Å². The van der Waals surface area contributed by atoms with Gasteiger partial charge in [-0.15, -0.1) is 0 Å². The number of pyridine rings is 1. The molecule has 0 unspecified atom stereocenters. The van der Waals surface area contributed by atoms with Crippen LogP contribution in [0.25, 0.3) is 0 Å². The summed E-state index contributed by atoms with van der Waals surface area (Å²) >= 11 is 5.63. The molecular weight excluding hydrogens is 255 g/mol. The summed E-state index contributed by atoms with van der Waals surface area (Å²) in [5, 5.41) is 3.14. The molecule has 0 atom stereocenters. The van der Waals surface area contributed by atoms with Gasteiger partial charge in [-0.25, -0.2) is 9.37 Å². The Bertz CT molecular complexity index is 531.